The molecule has 9 heteroatoms. The Balaban J connectivity index is 0.00000338. The highest BCUT2D eigenvalue weighted by Crippen LogP contribution is 2.11. The lowest BCUT2D eigenvalue weighted by Gasteiger charge is -2.12. The third kappa shape index (κ3) is 7.46. The minimum absolute atomic E-state index is 0. The number of rotatable bonds is 8. The molecule has 1 aromatic carbocycles. The van der Waals surface area contributed by atoms with Gasteiger partial charge in [0.15, 0.2) is 11.8 Å². The number of nitrogens with one attached hydrogen (secondary N) is 2. The molecule has 0 aliphatic carbocycles. The minimum Gasteiger partial charge on any atom is -0.385 e. The number of methoxy groups -OCH3 is 1. The highest BCUT2D eigenvalue weighted by atomic mass is 127. The lowest BCUT2D eigenvalue weighted by molar-refractivity contribution is 0.195. The van der Waals surface area contributed by atoms with Gasteiger partial charge in [0.1, 0.15) is 5.82 Å². The highest BCUT2D eigenvalue weighted by molar-refractivity contribution is 14.0. The van der Waals surface area contributed by atoms with E-state index in [1.54, 1.807) is 7.11 Å². The summed E-state index contributed by atoms with van der Waals surface area (Å²) in [6, 6.07) is 7.70. The van der Waals surface area contributed by atoms with Crippen molar-refractivity contribution in [3.8, 4) is 0 Å². The summed E-state index contributed by atoms with van der Waals surface area (Å²) in [5.41, 5.74) is 1.06. The number of aliphatic imine (C=N–C) groups is 1. The first-order valence-corrected chi connectivity index (χ1v) is 8.58. The fourth-order valence-electron chi connectivity index (χ4n) is 2.17. The lowest BCUT2D eigenvalue weighted by atomic mass is 10.2. The maximum atomic E-state index is 6.03. The van der Waals surface area contributed by atoms with Crippen LogP contribution in [0.25, 0.3) is 0 Å². The van der Waals surface area contributed by atoms with E-state index in [0.717, 1.165) is 36.1 Å². The molecule has 2 N–H and O–H groups in total. The number of hydrogen-bond acceptors (Lipinski definition) is 4. The number of hydrogen-bond donors (Lipinski definition) is 2. The van der Waals surface area contributed by atoms with Crippen LogP contribution in [-0.4, -0.2) is 41.0 Å². The molecule has 2 aromatic rings. The van der Waals surface area contributed by atoms with Gasteiger partial charge >= 0.3 is 0 Å². The van der Waals surface area contributed by atoms with E-state index >= 15 is 0 Å². The maximum absolute atomic E-state index is 6.03. The van der Waals surface area contributed by atoms with Gasteiger partial charge in [-0.05, 0) is 31.0 Å². The fourth-order valence-corrected chi connectivity index (χ4v) is 2.38. The van der Waals surface area contributed by atoms with Gasteiger partial charge in [0.05, 0.1) is 13.1 Å². The van der Waals surface area contributed by atoms with Crippen LogP contribution < -0.4 is 10.6 Å². The van der Waals surface area contributed by atoms with Crippen molar-refractivity contribution in [2.45, 2.75) is 26.4 Å². The molecule has 1 aromatic heterocycles. The summed E-state index contributed by atoms with van der Waals surface area (Å²) < 4.78 is 7.03. The van der Waals surface area contributed by atoms with Crippen LogP contribution in [0.5, 0.6) is 0 Å². The van der Waals surface area contributed by atoms with Gasteiger partial charge in [0.25, 0.3) is 0 Å². The molecular formula is C17H26ClIN6O. The average molecular weight is 493 g/mol. The standard InChI is InChI=1S/C17H25ClN6O.HI/c1-13-22-23-16(24(13)2)12-21-17(19-8-5-9-25-3)20-11-14-6-4-7-15(18)10-14;/h4,6-7,10H,5,8-9,11-12H2,1-3H3,(H2,19,20,21);1H. The van der Waals surface area contributed by atoms with E-state index in [0.29, 0.717) is 24.7 Å². The molecule has 2 rings (SSSR count). The second kappa shape index (κ2) is 12.1. The minimum atomic E-state index is 0. The smallest absolute Gasteiger partial charge is 0.191 e. The van der Waals surface area contributed by atoms with Crippen molar-refractivity contribution >= 4 is 41.5 Å². The van der Waals surface area contributed by atoms with E-state index in [4.69, 9.17) is 16.3 Å². The lowest BCUT2D eigenvalue weighted by Crippen LogP contribution is -2.38. The van der Waals surface area contributed by atoms with E-state index in [2.05, 4.69) is 25.8 Å². The summed E-state index contributed by atoms with van der Waals surface area (Å²) >= 11 is 6.03. The summed E-state index contributed by atoms with van der Waals surface area (Å²) in [6.07, 6.45) is 0.900. The molecule has 144 valence electrons. The monoisotopic (exact) mass is 492 g/mol. The molecule has 0 spiro atoms. The number of ether oxygens (including phenoxy) is 1. The van der Waals surface area contributed by atoms with Crippen LogP contribution >= 0.6 is 35.6 Å². The molecule has 26 heavy (non-hydrogen) atoms. The molecule has 0 amide bonds. The van der Waals surface area contributed by atoms with E-state index in [1.807, 2.05) is 42.8 Å². The molecule has 0 aliphatic rings. The Labute approximate surface area is 176 Å². The molecule has 0 radical (unpaired) electrons. The van der Waals surface area contributed by atoms with Crippen molar-refractivity contribution in [1.82, 2.24) is 25.4 Å². The van der Waals surface area contributed by atoms with Gasteiger partial charge in [-0.25, -0.2) is 4.99 Å². The average Bonchev–Trinajstić information content (AvgIpc) is 2.92. The molecule has 0 atom stereocenters. The van der Waals surface area contributed by atoms with Crippen molar-refractivity contribution in [1.29, 1.82) is 0 Å². The molecule has 0 fully saturated rings. The SMILES string of the molecule is COCCCNC(=NCc1cccc(Cl)c1)NCc1nnc(C)n1C.I. The van der Waals surface area contributed by atoms with E-state index < -0.39 is 0 Å². The number of nitrogens with zero attached hydrogens (tertiary/aromatic N) is 4. The molecule has 7 nitrogen and oxygen atoms in total. The number of aromatic nitrogens is 3. The Morgan fingerprint density at radius 1 is 1.31 bits per heavy atom. The maximum Gasteiger partial charge on any atom is 0.191 e. The summed E-state index contributed by atoms with van der Waals surface area (Å²) in [5.74, 6) is 2.45. The molecule has 0 saturated carbocycles. The first-order valence-electron chi connectivity index (χ1n) is 8.20. The van der Waals surface area contributed by atoms with Crippen LogP contribution in [0.2, 0.25) is 5.02 Å². The number of benzene rings is 1. The van der Waals surface area contributed by atoms with Crippen molar-refractivity contribution in [3.05, 3.63) is 46.5 Å². The van der Waals surface area contributed by atoms with Crippen LogP contribution in [0.1, 0.15) is 23.6 Å². The highest BCUT2D eigenvalue weighted by Gasteiger charge is 2.06. The number of guanidine groups is 1. The number of aryl methyl sites for hydroxylation is 1. The third-order valence-corrected chi connectivity index (χ3v) is 3.96. The number of halogens is 2. The Kier molecular flexibility index (Phi) is 10.5. The molecular weight excluding hydrogens is 467 g/mol. The van der Waals surface area contributed by atoms with Crippen molar-refractivity contribution < 1.29 is 4.74 Å². The van der Waals surface area contributed by atoms with E-state index in [-0.39, 0.29) is 24.0 Å². The van der Waals surface area contributed by atoms with E-state index in [1.165, 1.54) is 0 Å². The van der Waals surface area contributed by atoms with Gasteiger partial charge < -0.3 is 19.9 Å². The van der Waals surface area contributed by atoms with Crippen molar-refractivity contribution in [2.24, 2.45) is 12.0 Å². The van der Waals surface area contributed by atoms with Crippen molar-refractivity contribution in [3.63, 3.8) is 0 Å². The van der Waals surface area contributed by atoms with Crippen LogP contribution in [-0.2, 0) is 24.9 Å². The van der Waals surface area contributed by atoms with Gasteiger partial charge in [-0.15, -0.1) is 34.2 Å². The predicted molar refractivity (Wildman–Crippen MR) is 115 cm³/mol. The summed E-state index contributed by atoms with van der Waals surface area (Å²) in [7, 11) is 3.64. The molecule has 0 unspecified atom stereocenters. The summed E-state index contributed by atoms with van der Waals surface area (Å²) in [6.45, 7) is 4.48. The zero-order chi connectivity index (χ0) is 18.1. The first-order chi connectivity index (χ1) is 12.1. The molecule has 0 aliphatic heterocycles. The Hall–Kier alpha value is -1.39. The zero-order valence-corrected chi connectivity index (χ0v) is 18.4. The molecule has 0 saturated heterocycles. The molecule has 0 bridgehead atoms. The normalized spacial score (nSPS) is 11.2. The van der Waals surface area contributed by atoms with Crippen LogP contribution in [0.15, 0.2) is 29.3 Å². The van der Waals surface area contributed by atoms with Gasteiger partial charge in [-0.3, -0.25) is 0 Å². The van der Waals surface area contributed by atoms with Gasteiger partial charge in [-0.1, -0.05) is 23.7 Å². The Morgan fingerprint density at radius 2 is 2.12 bits per heavy atom. The van der Waals surface area contributed by atoms with Gasteiger partial charge in [-0.2, -0.15) is 0 Å². The van der Waals surface area contributed by atoms with Gasteiger partial charge in [0, 0.05) is 32.3 Å². The fraction of sp³-hybridized carbons (Fsp3) is 0.471. The van der Waals surface area contributed by atoms with Crippen LogP contribution in [0.4, 0.5) is 0 Å². The van der Waals surface area contributed by atoms with Gasteiger partial charge in [0.2, 0.25) is 0 Å². The summed E-state index contributed by atoms with van der Waals surface area (Å²) in [5, 5.41) is 15.5. The second-order valence-corrected chi connectivity index (χ2v) is 6.08. The quantitative estimate of drug-likeness (QED) is 0.256. The van der Waals surface area contributed by atoms with Crippen LogP contribution in [0, 0.1) is 6.92 Å². The van der Waals surface area contributed by atoms with Crippen molar-refractivity contribution in [2.75, 3.05) is 20.3 Å². The van der Waals surface area contributed by atoms with E-state index in [9.17, 15) is 0 Å². The second-order valence-electron chi connectivity index (χ2n) is 5.64. The Bertz CT molecular complexity index is 706. The topological polar surface area (TPSA) is 76.4 Å². The Morgan fingerprint density at radius 3 is 2.77 bits per heavy atom. The van der Waals surface area contributed by atoms with Crippen LogP contribution in [0.3, 0.4) is 0 Å². The molecule has 1 heterocycles. The third-order valence-electron chi connectivity index (χ3n) is 3.72. The largest absolute Gasteiger partial charge is 0.385 e. The zero-order valence-electron chi connectivity index (χ0n) is 15.3. The summed E-state index contributed by atoms with van der Waals surface area (Å²) in [4.78, 5) is 4.62. The predicted octanol–water partition coefficient (Wildman–Crippen LogP) is 2.67. The first kappa shape index (κ1) is 22.7.